The topological polar surface area (TPSA) is 67.6 Å². The van der Waals surface area contributed by atoms with Crippen LogP contribution in [0.25, 0.3) is 0 Å². The highest BCUT2D eigenvalue weighted by Crippen LogP contribution is 2.12. The number of ether oxygens (including phenoxy) is 1. The fraction of sp³-hybridized carbons (Fsp3) is 0.333. The van der Waals surface area contributed by atoms with E-state index < -0.39 is 0 Å². The van der Waals surface area contributed by atoms with Gasteiger partial charge in [0.25, 0.3) is 5.91 Å². The molecule has 21 heavy (non-hydrogen) atoms. The molecule has 0 aromatic heterocycles. The van der Waals surface area contributed by atoms with Crippen LogP contribution in [0.3, 0.4) is 0 Å². The van der Waals surface area contributed by atoms with Crippen LogP contribution in [0.15, 0.2) is 36.9 Å². The Kier molecular flexibility index (Phi) is 7.25. The lowest BCUT2D eigenvalue weighted by Crippen LogP contribution is -2.48. The van der Waals surface area contributed by atoms with Gasteiger partial charge in [0.15, 0.2) is 5.11 Å². The Morgan fingerprint density at radius 2 is 2.14 bits per heavy atom. The van der Waals surface area contributed by atoms with Gasteiger partial charge in [-0.15, -0.1) is 6.58 Å². The van der Waals surface area contributed by atoms with Crippen LogP contribution >= 0.6 is 12.2 Å². The second-order valence-corrected chi connectivity index (χ2v) is 4.82. The van der Waals surface area contributed by atoms with Crippen molar-refractivity contribution in [3.63, 3.8) is 0 Å². The van der Waals surface area contributed by atoms with E-state index in [2.05, 4.69) is 18.9 Å². The molecule has 6 heteroatoms. The lowest BCUT2D eigenvalue weighted by Gasteiger charge is -2.21. The van der Waals surface area contributed by atoms with Gasteiger partial charge in [-0.25, -0.2) is 0 Å². The maximum atomic E-state index is 12.1. The van der Waals surface area contributed by atoms with Crippen molar-refractivity contribution in [2.75, 3.05) is 13.2 Å². The molecule has 0 saturated heterocycles. The highest BCUT2D eigenvalue weighted by Gasteiger charge is 2.11. The number of nitrogens with zero attached hydrogens (tertiary/aromatic N) is 1. The van der Waals surface area contributed by atoms with Gasteiger partial charge in [0.2, 0.25) is 0 Å². The van der Waals surface area contributed by atoms with E-state index in [1.165, 1.54) is 5.01 Å². The van der Waals surface area contributed by atoms with Gasteiger partial charge in [-0.1, -0.05) is 19.4 Å². The molecule has 1 aromatic carbocycles. The van der Waals surface area contributed by atoms with Crippen LogP contribution in [0.2, 0.25) is 0 Å². The van der Waals surface area contributed by atoms with Gasteiger partial charge in [0.1, 0.15) is 5.75 Å². The number of nitrogens with one attached hydrogen (secondary N) is 1. The first-order chi connectivity index (χ1) is 10.1. The van der Waals surface area contributed by atoms with Crippen molar-refractivity contribution in [2.24, 2.45) is 5.73 Å². The van der Waals surface area contributed by atoms with Gasteiger partial charge in [-0.3, -0.25) is 15.2 Å². The maximum Gasteiger partial charge on any atom is 0.269 e. The summed E-state index contributed by atoms with van der Waals surface area (Å²) in [6, 6.07) is 6.93. The number of thiocarbonyl (C=S) groups is 1. The zero-order valence-electron chi connectivity index (χ0n) is 12.2. The summed E-state index contributed by atoms with van der Waals surface area (Å²) in [4.78, 5) is 12.1. The average molecular weight is 307 g/mol. The van der Waals surface area contributed by atoms with Crippen LogP contribution in [0, 0.1) is 0 Å². The van der Waals surface area contributed by atoms with Crippen molar-refractivity contribution in [2.45, 2.75) is 19.8 Å². The molecule has 0 fully saturated rings. The Labute approximate surface area is 130 Å². The molecule has 1 rings (SSSR count). The van der Waals surface area contributed by atoms with E-state index in [9.17, 15) is 4.79 Å². The minimum absolute atomic E-state index is 0.0859. The van der Waals surface area contributed by atoms with Crippen LogP contribution in [0.4, 0.5) is 0 Å². The van der Waals surface area contributed by atoms with Crippen molar-refractivity contribution in [1.82, 2.24) is 10.4 Å². The number of benzene rings is 1. The van der Waals surface area contributed by atoms with Crippen LogP contribution in [-0.2, 0) is 0 Å². The number of rotatable bonds is 7. The molecule has 114 valence electrons. The van der Waals surface area contributed by atoms with Gasteiger partial charge < -0.3 is 10.5 Å². The van der Waals surface area contributed by atoms with E-state index >= 15 is 0 Å². The smallest absolute Gasteiger partial charge is 0.269 e. The zero-order valence-corrected chi connectivity index (χ0v) is 13.0. The SMILES string of the molecule is C=CCN(NC(=O)c1ccc(OCCCC)cc1)C(N)=S. The van der Waals surface area contributed by atoms with E-state index in [0.717, 1.165) is 18.6 Å². The zero-order chi connectivity index (χ0) is 15.7. The molecule has 0 bridgehead atoms. The molecule has 0 atom stereocenters. The Hall–Kier alpha value is -2.08. The van der Waals surface area contributed by atoms with Gasteiger partial charge in [-0.2, -0.15) is 0 Å². The van der Waals surface area contributed by atoms with E-state index in [0.29, 0.717) is 18.7 Å². The summed E-state index contributed by atoms with van der Waals surface area (Å²) in [7, 11) is 0. The molecule has 0 aliphatic carbocycles. The third-order valence-electron chi connectivity index (χ3n) is 2.70. The summed E-state index contributed by atoms with van der Waals surface area (Å²) in [5.74, 6) is 0.460. The second kappa shape index (κ2) is 8.97. The van der Waals surface area contributed by atoms with E-state index in [4.69, 9.17) is 22.7 Å². The number of carbonyl (C=O) groups excluding carboxylic acids is 1. The molecular formula is C15H21N3O2S. The molecule has 1 amide bonds. The quantitative estimate of drug-likeness (QED) is 0.350. The molecule has 5 nitrogen and oxygen atoms in total. The van der Waals surface area contributed by atoms with Crippen LogP contribution in [-0.4, -0.2) is 29.2 Å². The summed E-state index contributed by atoms with van der Waals surface area (Å²) in [6.45, 7) is 6.71. The van der Waals surface area contributed by atoms with Crippen molar-refractivity contribution >= 4 is 23.2 Å². The van der Waals surface area contributed by atoms with Crippen LogP contribution < -0.4 is 15.9 Å². The molecule has 1 aromatic rings. The van der Waals surface area contributed by atoms with Crippen molar-refractivity contribution in [3.8, 4) is 5.75 Å². The number of hydrogen-bond donors (Lipinski definition) is 2. The lowest BCUT2D eigenvalue weighted by atomic mass is 10.2. The molecule has 0 unspecified atom stereocenters. The first kappa shape index (κ1) is 17.0. The molecule has 0 aliphatic rings. The monoisotopic (exact) mass is 307 g/mol. The fourth-order valence-electron chi connectivity index (χ4n) is 1.54. The number of unbranched alkanes of at least 4 members (excludes halogenated alkanes) is 1. The second-order valence-electron chi connectivity index (χ2n) is 4.40. The first-order valence-corrected chi connectivity index (χ1v) is 7.21. The molecule has 0 spiro atoms. The minimum atomic E-state index is -0.287. The molecule has 0 heterocycles. The largest absolute Gasteiger partial charge is 0.494 e. The third kappa shape index (κ3) is 5.83. The number of carbonyl (C=O) groups is 1. The first-order valence-electron chi connectivity index (χ1n) is 6.80. The number of hydrogen-bond acceptors (Lipinski definition) is 3. The molecule has 0 aliphatic heterocycles. The van der Waals surface area contributed by atoms with Crippen molar-refractivity contribution in [1.29, 1.82) is 0 Å². The van der Waals surface area contributed by atoms with Gasteiger partial charge in [0.05, 0.1) is 13.2 Å². The highest BCUT2D eigenvalue weighted by molar-refractivity contribution is 7.80. The number of amides is 1. The molecular weight excluding hydrogens is 286 g/mol. The number of hydrazine groups is 1. The lowest BCUT2D eigenvalue weighted by molar-refractivity contribution is 0.0879. The maximum absolute atomic E-state index is 12.1. The highest BCUT2D eigenvalue weighted by atomic mass is 32.1. The standard InChI is InChI=1S/C15H21N3O2S/c1-3-5-11-20-13-8-6-12(7-9-13)14(19)17-18(10-4-2)15(16)21/h4,6-9H,2-3,5,10-11H2,1H3,(H2,16,21)(H,17,19). The van der Waals surface area contributed by atoms with Crippen molar-refractivity contribution < 1.29 is 9.53 Å². The summed E-state index contributed by atoms with van der Waals surface area (Å²) in [5.41, 5.74) is 8.64. The molecule has 0 radical (unpaired) electrons. The van der Waals surface area contributed by atoms with Gasteiger partial charge in [0, 0.05) is 5.56 Å². The summed E-state index contributed by atoms with van der Waals surface area (Å²) in [5, 5.41) is 1.44. The Morgan fingerprint density at radius 3 is 2.67 bits per heavy atom. The average Bonchev–Trinajstić information content (AvgIpc) is 2.47. The summed E-state index contributed by atoms with van der Waals surface area (Å²) >= 11 is 4.85. The molecule has 0 saturated carbocycles. The Balaban J connectivity index is 2.61. The third-order valence-corrected chi connectivity index (χ3v) is 2.92. The predicted molar refractivity (Wildman–Crippen MR) is 88.0 cm³/mol. The Bertz CT molecular complexity index is 488. The van der Waals surface area contributed by atoms with Gasteiger partial charge in [-0.05, 0) is 42.9 Å². The van der Waals surface area contributed by atoms with Crippen molar-refractivity contribution in [3.05, 3.63) is 42.5 Å². The fourth-order valence-corrected chi connectivity index (χ4v) is 1.66. The van der Waals surface area contributed by atoms with Crippen LogP contribution in [0.1, 0.15) is 30.1 Å². The minimum Gasteiger partial charge on any atom is -0.494 e. The number of nitrogens with two attached hydrogens (primary N) is 1. The van der Waals surface area contributed by atoms with Gasteiger partial charge >= 0.3 is 0 Å². The normalized spacial score (nSPS) is 9.76. The molecule has 3 N–H and O–H groups in total. The predicted octanol–water partition coefficient (Wildman–Crippen LogP) is 2.24. The summed E-state index contributed by atoms with van der Waals surface area (Å²) < 4.78 is 5.54. The summed E-state index contributed by atoms with van der Waals surface area (Å²) in [6.07, 6.45) is 3.69. The van der Waals surface area contributed by atoms with Crippen LogP contribution in [0.5, 0.6) is 5.75 Å². The van der Waals surface area contributed by atoms with E-state index in [-0.39, 0.29) is 11.0 Å². The van der Waals surface area contributed by atoms with E-state index in [1.807, 2.05) is 0 Å². The van der Waals surface area contributed by atoms with E-state index in [1.54, 1.807) is 30.3 Å². The Morgan fingerprint density at radius 1 is 1.48 bits per heavy atom.